The first-order valence-corrected chi connectivity index (χ1v) is 14.1. The number of rotatable bonds is 7. The van der Waals surface area contributed by atoms with E-state index >= 15 is 0 Å². The topological polar surface area (TPSA) is 131 Å². The van der Waals surface area contributed by atoms with Crippen molar-refractivity contribution in [2.75, 3.05) is 6.26 Å². The van der Waals surface area contributed by atoms with Crippen LogP contribution in [0, 0.1) is 11.6 Å². The number of aliphatic imine (C=N–C) groups is 1. The van der Waals surface area contributed by atoms with Crippen molar-refractivity contribution < 1.29 is 30.4 Å². The maximum atomic E-state index is 14.3. The number of hydrogen-bond donors (Lipinski definition) is 3. The summed E-state index contributed by atoms with van der Waals surface area (Å²) in [6.45, 7) is 0. The molecule has 0 spiro atoms. The maximum Gasteiger partial charge on any atom is 0.417 e. The minimum Gasteiger partial charge on any atom is -0.370 e. The Kier molecular flexibility index (Phi) is 7.85. The van der Waals surface area contributed by atoms with Crippen LogP contribution in [0.15, 0.2) is 75.3 Å². The number of halogens is 5. The second-order valence-electron chi connectivity index (χ2n) is 8.81. The molecule has 210 valence electrons. The molecule has 2 aromatic carbocycles. The van der Waals surface area contributed by atoms with Crippen molar-refractivity contribution in [1.82, 2.24) is 4.98 Å². The molecule has 0 bridgehead atoms. The zero-order valence-corrected chi connectivity index (χ0v) is 22.2. The summed E-state index contributed by atoms with van der Waals surface area (Å²) < 4.78 is 93.9. The number of guanidine groups is 1. The van der Waals surface area contributed by atoms with Crippen LogP contribution in [0.4, 0.5) is 22.0 Å². The second-order valence-corrected chi connectivity index (χ2v) is 11.9. The summed E-state index contributed by atoms with van der Waals surface area (Å²) in [5.41, 5.74) is 7.82. The van der Waals surface area contributed by atoms with Crippen molar-refractivity contribution >= 4 is 27.1 Å². The average Bonchev–Trinajstić information content (AvgIpc) is 3.34. The molecular weight excluding hydrogens is 575 g/mol. The number of pyridine rings is 1. The van der Waals surface area contributed by atoms with Crippen molar-refractivity contribution in [2.45, 2.75) is 23.5 Å². The molecule has 5 N–H and O–H groups in total. The molecule has 4 aromatic rings. The average molecular weight is 597 g/mol. The Balaban J connectivity index is 1.79. The van der Waals surface area contributed by atoms with Gasteiger partial charge in [-0.25, -0.2) is 22.2 Å². The van der Waals surface area contributed by atoms with E-state index in [1.54, 1.807) is 18.2 Å². The third-order valence-corrected chi connectivity index (χ3v) is 8.18. The number of nitrogens with two attached hydrogens (primary N) is 2. The van der Waals surface area contributed by atoms with Crippen LogP contribution in [-0.2, 0) is 22.4 Å². The molecule has 0 aliphatic heterocycles. The van der Waals surface area contributed by atoms with Gasteiger partial charge in [0.15, 0.2) is 15.8 Å². The van der Waals surface area contributed by atoms with Gasteiger partial charge >= 0.3 is 6.18 Å². The van der Waals surface area contributed by atoms with Gasteiger partial charge in [0.2, 0.25) is 0 Å². The van der Waals surface area contributed by atoms with E-state index in [9.17, 15) is 35.2 Å². The second kappa shape index (κ2) is 10.8. The van der Waals surface area contributed by atoms with Crippen molar-refractivity contribution in [2.24, 2.45) is 16.5 Å². The summed E-state index contributed by atoms with van der Waals surface area (Å²) in [5, 5.41) is 0. The maximum absolute atomic E-state index is 14.3. The van der Waals surface area contributed by atoms with E-state index < -0.39 is 62.8 Å². The lowest BCUT2D eigenvalue weighted by Gasteiger charge is -2.19. The molecule has 7 nitrogen and oxygen atoms in total. The van der Waals surface area contributed by atoms with Gasteiger partial charge in [-0.05, 0) is 47.5 Å². The molecule has 0 radical (unpaired) electrons. The number of nitrogens with zero attached hydrogens (tertiary/aromatic N) is 1. The van der Waals surface area contributed by atoms with Crippen molar-refractivity contribution in [1.29, 1.82) is 0 Å². The minimum absolute atomic E-state index is 0.110. The van der Waals surface area contributed by atoms with Crippen LogP contribution in [0.25, 0.3) is 21.0 Å². The van der Waals surface area contributed by atoms with Crippen LogP contribution in [0.2, 0.25) is 0 Å². The standard InChI is InChI=1S/C26H21F5N4O3S2/c1-40(37,38)16-6-3-13(4-7-16)21-8-9-22(39-21)19-12-17(26(29,30)31)23(24(36)34-19)20(35-25(32)33)10-14-2-5-15(27)11-18(14)28/h2-9,11-12,20H,10H2,1H3,(H,34,36)(H4,32,33,35). The summed E-state index contributed by atoms with van der Waals surface area (Å²) >= 11 is 1.07. The molecule has 0 aliphatic rings. The zero-order chi connectivity index (χ0) is 29.4. The number of sulfone groups is 1. The van der Waals surface area contributed by atoms with E-state index in [2.05, 4.69) is 9.98 Å². The fourth-order valence-electron chi connectivity index (χ4n) is 4.06. The Labute approximate surface area is 228 Å². The fourth-order valence-corrected chi connectivity index (χ4v) is 5.67. The van der Waals surface area contributed by atoms with Gasteiger partial charge in [0.1, 0.15) is 11.6 Å². The molecule has 14 heteroatoms. The number of benzene rings is 2. The molecule has 0 saturated heterocycles. The lowest BCUT2D eigenvalue weighted by atomic mass is 9.95. The first kappa shape index (κ1) is 29.0. The first-order valence-electron chi connectivity index (χ1n) is 11.4. The summed E-state index contributed by atoms with van der Waals surface area (Å²) in [5.74, 6) is -2.55. The molecule has 2 aromatic heterocycles. The summed E-state index contributed by atoms with van der Waals surface area (Å²) in [7, 11) is -3.41. The van der Waals surface area contributed by atoms with Gasteiger partial charge in [0.05, 0.1) is 32.6 Å². The van der Waals surface area contributed by atoms with E-state index in [0.29, 0.717) is 21.4 Å². The van der Waals surface area contributed by atoms with Crippen molar-refractivity contribution in [3.05, 3.63) is 99.3 Å². The van der Waals surface area contributed by atoms with Crippen LogP contribution < -0.4 is 17.0 Å². The highest BCUT2D eigenvalue weighted by Gasteiger charge is 2.38. The molecule has 1 atom stereocenters. The largest absolute Gasteiger partial charge is 0.417 e. The molecular formula is C26H21F5N4O3S2. The van der Waals surface area contributed by atoms with Gasteiger partial charge in [-0.3, -0.25) is 4.79 Å². The Bertz CT molecular complexity index is 1760. The van der Waals surface area contributed by atoms with Crippen LogP contribution in [-0.4, -0.2) is 25.6 Å². The lowest BCUT2D eigenvalue weighted by molar-refractivity contribution is -0.138. The van der Waals surface area contributed by atoms with Gasteiger partial charge in [-0.1, -0.05) is 18.2 Å². The predicted molar refractivity (Wildman–Crippen MR) is 143 cm³/mol. The molecule has 0 saturated carbocycles. The van der Waals surface area contributed by atoms with Crippen LogP contribution in [0.5, 0.6) is 0 Å². The van der Waals surface area contributed by atoms with E-state index in [1.165, 1.54) is 18.2 Å². The molecule has 40 heavy (non-hydrogen) atoms. The van der Waals surface area contributed by atoms with E-state index in [4.69, 9.17) is 11.5 Å². The number of hydrogen-bond acceptors (Lipinski definition) is 5. The van der Waals surface area contributed by atoms with Gasteiger partial charge in [-0.15, -0.1) is 11.3 Å². The minimum atomic E-state index is -5.02. The zero-order valence-electron chi connectivity index (χ0n) is 20.6. The number of alkyl halides is 3. The Hall–Kier alpha value is -4.04. The van der Waals surface area contributed by atoms with Crippen LogP contribution in [0.1, 0.15) is 22.7 Å². The first-order chi connectivity index (χ1) is 18.6. The summed E-state index contributed by atoms with van der Waals surface area (Å²) in [6.07, 6.45) is -4.50. The molecule has 0 aliphatic carbocycles. The number of aromatic nitrogens is 1. The molecule has 0 fully saturated rings. The highest BCUT2D eigenvalue weighted by atomic mass is 32.2. The quantitative estimate of drug-likeness (QED) is 0.157. The fraction of sp³-hybridized carbons (Fsp3) is 0.154. The van der Waals surface area contributed by atoms with Crippen LogP contribution in [0.3, 0.4) is 0 Å². The van der Waals surface area contributed by atoms with E-state index in [-0.39, 0.29) is 16.2 Å². The highest BCUT2D eigenvalue weighted by molar-refractivity contribution is 7.90. The van der Waals surface area contributed by atoms with E-state index in [0.717, 1.165) is 35.8 Å². The predicted octanol–water partition coefficient (Wildman–Crippen LogP) is 5.03. The van der Waals surface area contributed by atoms with Crippen molar-refractivity contribution in [3.8, 4) is 21.0 Å². The molecule has 2 heterocycles. The van der Waals surface area contributed by atoms with Crippen molar-refractivity contribution in [3.63, 3.8) is 0 Å². The lowest BCUT2D eigenvalue weighted by Crippen LogP contribution is -2.28. The third-order valence-electron chi connectivity index (χ3n) is 5.88. The summed E-state index contributed by atoms with van der Waals surface area (Å²) in [6, 6.07) is 10.7. The van der Waals surface area contributed by atoms with Gasteiger partial charge in [0.25, 0.3) is 5.56 Å². The molecule has 4 rings (SSSR count). The smallest absolute Gasteiger partial charge is 0.370 e. The normalized spacial score (nSPS) is 12.8. The Morgan fingerprint density at radius 1 is 1.00 bits per heavy atom. The number of thiophene rings is 1. The monoisotopic (exact) mass is 596 g/mol. The van der Waals surface area contributed by atoms with E-state index in [1.807, 2.05) is 0 Å². The van der Waals surface area contributed by atoms with Gasteiger partial charge < -0.3 is 16.5 Å². The summed E-state index contributed by atoms with van der Waals surface area (Å²) in [4.78, 5) is 20.3. The van der Waals surface area contributed by atoms with Crippen LogP contribution >= 0.6 is 11.3 Å². The Morgan fingerprint density at radius 3 is 2.23 bits per heavy atom. The van der Waals surface area contributed by atoms with Gasteiger partial charge in [0, 0.05) is 23.6 Å². The Morgan fingerprint density at radius 2 is 1.65 bits per heavy atom. The highest BCUT2D eigenvalue weighted by Crippen LogP contribution is 2.39. The molecule has 1 unspecified atom stereocenters. The number of nitrogens with one attached hydrogen (secondary N) is 1. The van der Waals surface area contributed by atoms with Gasteiger partial charge in [-0.2, -0.15) is 13.2 Å². The SMILES string of the molecule is CS(=O)(=O)c1ccc(-c2ccc(-c3cc(C(F)(F)F)c(C(Cc4ccc(F)cc4F)N=C(N)N)c(=O)[nH]3)s2)cc1. The molecule has 0 amide bonds. The number of H-pyrrole nitrogens is 1. The number of aromatic amines is 1. The third kappa shape index (κ3) is 6.39.